The fourth-order valence-electron chi connectivity index (χ4n) is 3.07. The van der Waals surface area contributed by atoms with Gasteiger partial charge in [0, 0.05) is 19.6 Å². The van der Waals surface area contributed by atoms with E-state index in [4.69, 9.17) is 0 Å². The first-order valence-corrected chi connectivity index (χ1v) is 6.63. The fourth-order valence-corrected chi connectivity index (χ4v) is 3.07. The number of hydrogen-bond acceptors (Lipinski definition) is 2. The Morgan fingerprint density at radius 1 is 1.19 bits per heavy atom. The lowest BCUT2D eigenvalue weighted by atomic mass is 9.93. The van der Waals surface area contributed by atoms with Crippen LogP contribution in [0.5, 0.6) is 0 Å². The second kappa shape index (κ2) is 5.17. The first kappa shape index (κ1) is 11.9. The van der Waals surface area contributed by atoms with Crippen LogP contribution < -0.4 is 0 Å². The Bertz CT molecular complexity index is 248. The number of rotatable bonds is 2. The lowest BCUT2D eigenvalue weighted by Gasteiger charge is -2.32. The number of carbonyl (C=O) groups excluding carboxylic acids is 1. The van der Waals surface area contributed by atoms with Crippen molar-refractivity contribution in [2.75, 3.05) is 27.2 Å². The highest BCUT2D eigenvalue weighted by molar-refractivity contribution is 5.79. The number of likely N-dealkylation sites (tertiary alicyclic amines) is 1. The van der Waals surface area contributed by atoms with Crippen molar-refractivity contribution in [2.45, 2.75) is 44.6 Å². The highest BCUT2D eigenvalue weighted by atomic mass is 16.2. The van der Waals surface area contributed by atoms with Gasteiger partial charge < -0.3 is 9.80 Å². The second-order valence-corrected chi connectivity index (χ2v) is 5.49. The average molecular weight is 224 g/mol. The minimum Gasteiger partial charge on any atom is -0.342 e. The van der Waals surface area contributed by atoms with Crippen molar-refractivity contribution in [3.63, 3.8) is 0 Å². The molecule has 3 heteroatoms. The summed E-state index contributed by atoms with van der Waals surface area (Å²) >= 11 is 0. The zero-order valence-electron chi connectivity index (χ0n) is 10.6. The molecule has 1 aliphatic heterocycles. The van der Waals surface area contributed by atoms with Crippen LogP contribution in [0.1, 0.15) is 38.5 Å². The molecule has 92 valence electrons. The topological polar surface area (TPSA) is 23.6 Å². The van der Waals surface area contributed by atoms with Crippen LogP contribution in [0.15, 0.2) is 0 Å². The van der Waals surface area contributed by atoms with E-state index in [1.54, 1.807) is 0 Å². The van der Waals surface area contributed by atoms with Gasteiger partial charge in [0.25, 0.3) is 0 Å². The van der Waals surface area contributed by atoms with Crippen LogP contribution in [-0.4, -0.2) is 48.9 Å². The lowest BCUT2D eigenvalue weighted by molar-refractivity contribution is -0.136. The Morgan fingerprint density at radius 3 is 2.44 bits per heavy atom. The Balaban J connectivity index is 1.88. The van der Waals surface area contributed by atoms with Crippen molar-refractivity contribution in [2.24, 2.45) is 5.92 Å². The minimum absolute atomic E-state index is 0.261. The lowest BCUT2D eigenvalue weighted by Crippen LogP contribution is -2.42. The Morgan fingerprint density at radius 2 is 1.88 bits per heavy atom. The van der Waals surface area contributed by atoms with Gasteiger partial charge in [0.15, 0.2) is 0 Å². The fraction of sp³-hybridized carbons (Fsp3) is 0.923. The molecule has 0 aromatic carbocycles. The van der Waals surface area contributed by atoms with E-state index in [2.05, 4.69) is 11.9 Å². The summed E-state index contributed by atoms with van der Waals surface area (Å²) in [5.41, 5.74) is 0. The maximum atomic E-state index is 12.3. The molecule has 0 bridgehead atoms. The van der Waals surface area contributed by atoms with Crippen LogP contribution in [0, 0.1) is 5.92 Å². The Hall–Kier alpha value is -0.570. The van der Waals surface area contributed by atoms with Gasteiger partial charge in [-0.1, -0.05) is 19.3 Å². The number of amides is 1. The van der Waals surface area contributed by atoms with Crippen molar-refractivity contribution < 1.29 is 4.79 Å². The van der Waals surface area contributed by atoms with Crippen LogP contribution in [0.4, 0.5) is 0 Å². The van der Waals surface area contributed by atoms with Gasteiger partial charge in [-0.2, -0.15) is 0 Å². The van der Waals surface area contributed by atoms with E-state index in [0.29, 0.717) is 11.9 Å². The van der Waals surface area contributed by atoms with Gasteiger partial charge in [-0.15, -0.1) is 0 Å². The van der Waals surface area contributed by atoms with Crippen LogP contribution in [0.25, 0.3) is 0 Å². The molecular weight excluding hydrogens is 200 g/mol. The predicted octanol–water partition coefficient (Wildman–Crippen LogP) is 1.73. The third kappa shape index (κ3) is 2.57. The molecule has 0 radical (unpaired) electrons. The molecule has 1 saturated carbocycles. The van der Waals surface area contributed by atoms with Gasteiger partial charge in [-0.3, -0.25) is 4.79 Å². The number of nitrogens with zero attached hydrogens (tertiary/aromatic N) is 2. The summed E-state index contributed by atoms with van der Waals surface area (Å²) in [4.78, 5) is 16.6. The summed E-state index contributed by atoms with van der Waals surface area (Å²) in [6, 6.07) is 0.521. The van der Waals surface area contributed by atoms with Crippen LogP contribution in [-0.2, 0) is 4.79 Å². The van der Waals surface area contributed by atoms with Crippen molar-refractivity contribution in [3.05, 3.63) is 0 Å². The molecule has 0 aromatic heterocycles. The summed E-state index contributed by atoms with van der Waals surface area (Å²) in [5.74, 6) is 0.646. The molecule has 3 nitrogen and oxygen atoms in total. The molecule has 0 unspecified atom stereocenters. The molecule has 1 aliphatic carbocycles. The van der Waals surface area contributed by atoms with Crippen molar-refractivity contribution in [1.29, 1.82) is 0 Å². The normalized spacial score (nSPS) is 28.2. The summed E-state index contributed by atoms with van der Waals surface area (Å²) in [6.07, 6.45) is 7.42. The van der Waals surface area contributed by atoms with Gasteiger partial charge in [0.1, 0.15) is 0 Å². The summed E-state index contributed by atoms with van der Waals surface area (Å²) < 4.78 is 0. The van der Waals surface area contributed by atoms with Gasteiger partial charge in [-0.25, -0.2) is 0 Å². The van der Waals surface area contributed by atoms with E-state index in [0.717, 1.165) is 19.5 Å². The monoisotopic (exact) mass is 224 g/mol. The van der Waals surface area contributed by atoms with Gasteiger partial charge in [-0.05, 0) is 32.9 Å². The van der Waals surface area contributed by atoms with Crippen molar-refractivity contribution >= 4 is 5.91 Å². The number of hydrogen-bond donors (Lipinski definition) is 0. The van der Waals surface area contributed by atoms with E-state index >= 15 is 0 Å². The first-order valence-electron chi connectivity index (χ1n) is 6.63. The molecule has 2 aliphatic rings. The molecule has 0 N–H and O–H groups in total. The highest BCUT2D eigenvalue weighted by Crippen LogP contribution is 2.24. The van der Waals surface area contributed by atoms with E-state index in [9.17, 15) is 4.79 Å². The SMILES string of the molecule is CN1CC[C@@H](C(=O)N(C)C2CCCCC2)C1. The van der Waals surface area contributed by atoms with Gasteiger partial charge in [0.05, 0.1) is 5.92 Å². The molecule has 1 atom stereocenters. The molecule has 2 fully saturated rings. The summed E-state index contributed by atoms with van der Waals surface area (Å²) in [5, 5.41) is 0. The first-order chi connectivity index (χ1) is 7.68. The molecule has 16 heavy (non-hydrogen) atoms. The standard InChI is InChI=1S/C13H24N2O/c1-14-9-8-11(10-14)13(16)15(2)12-6-4-3-5-7-12/h11-12H,3-10H2,1-2H3/t11-/m1/s1. The van der Waals surface area contributed by atoms with Crippen molar-refractivity contribution in [3.8, 4) is 0 Å². The maximum Gasteiger partial charge on any atom is 0.227 e. The van der Waals surface area contributed by atoms with Crippen molar-refractivity contribution in [1.82, 2.24) is 9.80 Å². The van der Waals surface area contributed by atoms with E-state index in [1.165, 1.54) is 32.1 Å². The minimum atomic E-state index is 0.261. The third-order valence-electron chi connectivity index (χ3n) is 4.21. The van der Waals surface area contributed by atoms with Crippen LogP contribution in [0.3, 0.4) is 0 Å². The molecule has 2 rings (SSSR count). The quantitative estimate of drug-likeness (QED) is 0.713. The zero-order valence-corrected chi connectivity index (χ0v) is 10.6. The molecule has 1 saturated heterocycles. The molecular formula is C13H24N2O. The molecule has 0 aromatic rings. The summed E-state index contributed by atoms with van der Waals surface area (Å²) in [7, 11) is 4.12. The number of carbonyl (C=O) groups is 1. The zero-order chi connectivity index (χ0) is 11.5. The third-order valence-corrected chi connectivity index (χ3v) is 4.21. The van der Waals surface area contributed by atoms with E-state index in [-0.39, 0.29) is 5.92 Å². The van der Waals surface area contributed by atoms with Gasteiger partial charge >= 0.3 is 0 Å². The van der Waals surface area contributed by atoms with Crippen LogP contribution >= 0.6 is 0 Å². The van der Waals surface area contributed by atoms with Gasteiger partial charge in [0.2, 0.25) is 5.91 Å². The van der Waals surface area contributed by atoms with E-state index in [1.807, 2.05) is 11.9 Å². The second-order valence-electron chi connectivity index (χ2n) is 5.49. The van der Waals surface area contributed by atoms with Crippen LogP contribution in [0.2, 0.25) is 0 Å². The Labute approximate surface area is 98.8 Å². The highest BCUT2D eigenvalue weighted by Gasteiger charge is 2.31. The molecule has 0 spiro atoms. The Kier molecular flexibility index (Phi) is 3.85. The van der Waals surface area contributed by atoms with E-state index < -0.39 is 0 Å². The predicted molar refractivity (Wildman–Crippen MR) is 65.2 cm³/mol. The largest absolute Gasteiger partial charge is 0.342 e. The average Bonchev–Trinajstić information content (AvgIpc) is 2.75. The smallest absolute Gasteiger partial charge is 0.227 e. The molecule has 1 amide bonds. The maximum absolute atomic E-state index is 12.3. The molecule has 1 heterocycles. The summed E-state index contributed by atoms with van der Waals surface area (Å²) in [6.45, 7) is 2.03.